The van der Waals surface area contributed by atoms with Gasteiger partial charge in [-0.1, -0.05) is 32.8 Å². The maximum Gasteiger partial charge on any atom is 0.251 e. The molecule has 3 rings (SSSR count). The number of hydrogen-bond donors (Lipinski definition) is 2. The fourth-order valence-electron chi connectivity index (χ4n) is 4.02. The summed E-state index contributed by atoms with van der Waals surface area (Å²) in [5, 5.41) is 6.24. The topological polar surface area (TPSA) is 58.2 Å². The first kappa shape index (κ1) is 17.0. The second-order valence-corrected chi connectivity index (χ2v) is 7.56. The molecule has 2 saturated carbocycles. The van der Waals surface area contributed by atoms with Gasteiger partial charge in [0.2, 0.25) is 0 Å². The molecule has 0 heterocycles. The fraction of sp³-hybridized carbons (Fsp3) is 0.600. The molecule has 2 amide bonds. The minimum absolute atomic E-state index is 0.0716. The van der Waals surface area contributed by atoms with Crippen molar-refractivity contribution < 1.29 is 9.59 Å². The standard InChI is InChI=1S/C20H28N2O2/c1-13-6-3-10-17(13)21-19(23)15-8-5-9-16(12-15)20(24)22-18-11-4-7-14(18)2/h5,8-9,12-14,17-18H,3-4,6-7,10-11H2,1-2H3,(H,21,23)(H,22,24). The predicted molar refractivity (Wildman–Crippen MR) is 95.0 cm³/mol. The highest BCUT2D eigenvalue weighted by Crippen LogP contribution is 2.26. The first-order valence-electron chi connectivity index (χ1n) is 9.26. The Morgan fingerprint density at radius 2 is 1.29 bits per heavy atom. The molecule has 2 aliphatic carbocycles. The van der Waals surface area contributed by atoms with E-state index in [1.165, 1.54) is 25.7 Å². The van der Waals surface area contributed by atoms with Crippen molar-refractivity contribution in [1.29, 1.82) is 0 Å². The molecule has 1 aromatic carbocycles. The van der Waals surface area contributed by atoms with Crippen LogP contribution in [0, 0.1) is 11.8 Å². The van der Waals surface area contributed by atoms with E-state index in [2.05, 4.69) is 24.5 Å². The molecule has 4 nitrogen and oxygen atoms in total. The van der Waals surface area contributed by atoms with Crippen LogP contribution >= 0.6 is 0 Å². The minimum atomic E-state index is -0.0716. The zero-order valence-corrected chi connectivity index (χ0v) is 14.7. The molecule has 1 aromatic rings. The first-order chi connectivity index (χ1) is 11.5. The quantitative estimate of drug-likeness (QED) is 0.888. The summed E-state index contributed by atoms with van der Waals surface area (Å²) in [6.07, 6.45) is 6.79. The molecule has 0 aromatic heterocycles. The molecule has 24 heavy (non-hydrogen) atoms. The van der Waals surface area contributed by atoms with Crippen molar-refractivity contribution >= 4 is 11.8 Å². The maximum atomic E-state index is 12.5. The van der Waals surface area contributed by atoms with E-state index in [4.69, 9.17) is 0 Å². The van der Waals surface area contributed by atoms with Gasteiger partial charge in [0, 0.05) is 23.2 Å². The van der Waals surface area contributed by atoms with Crippen LogP contribution in [0.3, 0.4) is 0 Å². The number of carbonyl (C=O) groups excluding carboxylic acids is 2. The SMILES string of the molecule is CC1CCCC1NC(=O)c1cccc(C(=O)NC2CCCC2C)c1. The van der Waals surface area contributed by atoms with E-state index in [0.29, 0.717) is 23.0 Å². The van der Waals surface area contributed by atoms with Crippen molar-refractivity contribution in [3.05, 3.63) is 35.4 Å². The largest absolute Gasteiger partial charge is 0.349 e. The Morgan fingerprint density at radius 1 is 0.833 bits per heavy atom. The van der Waals surface area contributed by atoms with Crippen LogP contribution in [-0.4, -0.2) is 23.9 Å². The van der Waals surface area contributed by atoms with Crippen LogP contribution in [-0.2, 0) is 0 Å². The zero-order valence-electron chi connectivity index (χ0n) is 14.7. The Kier molecular flexibility index (Phi) is 5.22. The second kappa shape index (κ2) is 7.37. The van der Waals surface area contributed by atoms with Gasteiger partial charge in [0.05, 0.1) is 0 Å². The molecule has 0 aliphatic heterocycles. The van der Waals surface area contributed by atoms with Crippen molar-refractivity contribution in [1.82, 2.24) is 10.6 Å². The number of rotatable bonds is 4. The lowest BCUT2D eigenvalue weighted by Gasteiger charge is -2.18. The van der Waals surface area contributed by atoms with Gasteiger partial charge < -0.3 is 10.6 Å². The molecular weight excluding hydrogens is 300 g/mol. The van der Waals surface area contributed by atoms with Crippen molar-refractivity contribution in [2.75, 3.05) is 0 Å². The minimum Gasteiger partial charge on any atom is -0.349 e. The molecule has 4 unspecified atom stereocenters. The lowest BCUT2D eigenvalue weighted by Crippen LogP contribution is -2.37. The lowest BCUT2D eigenvalue weighted by molar-refractivity contribution is 0.0929. The summed E-state index contributed by atoms with van der Waals surface area (Å²) in [5.41, 5.74) is 1.14. The van der Waals surface area contributed by atoms with Gasteiger partial charge in [-0.15, -0.1) is 0 Å². The number of nitrogens with one attached hydrogen (secondary N) is 2. The summed E-state index contributed by atoms with van der Waals surface area (Å²) in [4.78, 5) is 24.9. The summed E-state index contributed by atoms with van der Waals surface area (Å²) < 4.78 is 0. The molecule has 130 valence electrons. The summed E-state index contributed by atoms with van der Waals surface area (Å²) in [6.45, 7) is 4.37. The molecule has 2 N–H and O–H groups in total. The summed E-state index contributed by atoms with van der Waals surface area (Å²) in [5.74, 6) is 0.920. The molecule has 0 saturated heterocycles. The van der Waals surface area contributed by atoms with E-state index in [0.717, 1.165) is 12.8 Å². The molecule has 0 bridgehead atoms. The molecule has 0 spiro atoms. The maximum absolute atomic E-state index is 12.5. The van der Waals surface area contributed by atoms with Crippen LogP contribution in [0.25, 0.3) is 0 Å². The Bertz CT molecular complexity index is 564. The van der Waals surface area contributed by atoms with E-state index < -0.39 is 0 Å². The van der Waals surface area contributed by atoms with Gasteiger partial charge in [0.15, 0.2) is 0 Å². The zero-order chi connectivity index (χ0) is 17.1. The smallest absolute Gasteiger partial charge is 0.251 e. The normalized spacial score (nSPS) is 29.4. The Labute approximate surface area is 144 Å². The Balaban J connectivity index is 1.64. The fourth-order valence-corrected chi connectivity index (χ4v) is 4.02. The predicted octanol–water partition coefficient (Wildman–Crippen LogP) is 3.52. The third-order valence-electron chi connectivity index (χ3n) is 5.74. The van der Waals surface area contributed by atoms with Crippen molar-refractivity contribution in [2.24, 2.45) is 11.8 Å². The van der Waals surface area contributed by atoms with E-state index in [1.807, 2.05) is 0 Å². The van der Waals surface area contributed by atoms with Gasteiger partial charge in [-0.2, -0.15) is 0 Å². The molecule has 0 radical (unpaired) electrons. The van der Waals surface area contributed by atoms with Gasteiger partial charge >= 0.3 is 0 Å². The van der Waals surface area contributed by atoms with E-state index in [-0.39, 0.29) is 23.9 Å². The van der Waals surface area contributed by atoms with Gasteiger partial charge in [-0.05, 0) is 55.7 Å². The third-order valence-corrected chi connectivity index (χ3v) is 5.74. The average Bonchev–Trinajstić information content (AvgIpc) is 3.16. The lowest BCUT2D eigenvalue weighted by atomic mass is 10.0. The number of hydrogen-bond acceptors (Lipinski definition) is 2. The van der Waals surface area contributed by atoms with Crippen LogP contribution in [0.2, 0.25) is 0 Å². The van der Waals surface area contributed by atoms with Gasteiger partial charge in [0.25, 0.3) is 11.8 Å². The highest BCUT2D eigenvalue weighted by atomic mass is 16.2. The molecular formula is C20H28N2O2. The van der Waals surface area contributed by atoms with Crippen LogP contribution < -0.4 is 10.6 Å². The van der Waals surface area contributed by atoms with Crippen LogP contribution in [0.15, 0.2) is 24.3 Å². The van der Waals surface area contributed by atoms with Crippen LogP contribution in [0.4, 0.5) is 0 Å². The van der Waals surface area contributed by atoms with E-state index in [1.54, 1.807) is 24.3 Å². The highest BCUT2D eigenvalue weighted by Gasteiger charge is 2.26. The van der Waals surface area contributed by atoms with Crippen molar-refractivity contribution in [3.63, 3.8) is 0 Å². The molecule has 4 heteroatoms. The molecule has 4 atom stereocenters. The summed E-state index contributed by atoms with van der Waals surface area (Å²) >= 11 is 0. The highest BCUT2D eigenvalue weighted by molar-refractivity contribution is 5.99. The van der Waals surface area contributed by atoms with Crippen molar-refractivity contribution in [3.8, 4) is 0 Å². The molecule has 2 fully saturated rings. The first-order valence-corrected chi connectivity index (χ1v) is 9.26. The summed E-state index contributed by atoms with van der Waals surface area (Å²) in [7, 11) is 0. The van der Waals surface area contributed by atoms with Gasteiger partial charge in [-0.25, -0.2) is 0 Å². The third kappa shape index (κ3) is 3.80. The Hall–Kier alpha value is -1.84. The number of carbonyl (C=O) groups is 2. The Morgan fingerprint density at radius 3 is 1.67 bits per heavy atom. The average molecular weight is 328 g/mol. The van der Waals surface area contributed by atoms with E-state index in [9.17, 15) is 9.59 Å². The van der Waals surface area contributed by atoms with Crippen LogP contribution in [0.5, 0.6) is 0 Å². The number of benzene rings is 1. The van der Waals surface area contributed by atoms with Crippen LogP contribution in [0.1, 0.15) is 73.1 Å². The van der Waals surface area contributed by atoms with E-state index >= 15 is 0 Å². The molecule has 2 aliphatic rings. The monoisotopic (exact) mass is 328 g/mol. The van der Waals surface area contributed by atoms with Crippen molar-refractivity contribution in [2.45, 2.75) is 64.5 Å². The van der Waals surface area contributed by atoms with Gasteiger partial charge in [-0.3, -0.25) is 9.59 Å². The number of amides is 2. The summed E-state index contributed by atoms with van der Waals surface area (Å²) in [6, 6.07) is 7.58. The second-order valence-electron chi connectivity index (χ2n) is 7.56. The van der Waals surface area contributed by atoms with Gasteiger partial charge in [0.1, 0.15) is 0 Å².